The monoisotopic (exact) mass is 275 g/mol. The summed E-state index contributed by atoms with van der Waals surface area (Å²) in [6.07, 6.45) is -0.116. The number of carboxylic acid groups (broad SMARTS) is 1. The van der Waals surface area contributed by atoms with E-state index in [2.05, 4.69) is 0 Å². The van der Waals surface area contributed by atoms with E-state index in [-0.39, 0.29) is 6.42 Å². The first-order chi connectivity index (χ1) is 9.15. The third kappa shape index (κ3) is 4.00. The van der Waals surface area contributed by atoms with E-state index in [0.29, 0.717) is 22.9 Å². The molecule has 0 saturated carbocycles. The van der Waals surface area contributed by atoms with Gasteiger partial charge in [-0.3, -0.25) is 0 Å². The fourth-order valence-electron chi connectivity index (χ4n) is 1.74. The largest absolute Gasteiger partial charge is 0.550 e. The summed E-state index contributed by atoms with van der Waals surface area (Å²) in [5.74, 6) is -0.453. The number of halogens is 1. The number of carbonyl (C=O) groups excluding carboxylic acids is 1. The number of carboxylic acids is 1. The van der Waals surface area contributed by atoms with Gasteiger partial charge in [-0.25, -0.2) is 0 Å². The van der Waals surface area contributed by atoms with Gasteiger partial charge in [-0.1, -0.05) is 41.9 Å². The molecule has 19 heavy (non-hydrogen) atoms. The second-order valence-electron chi connectivity index (χ2n) is 4.06. The van der Waals surface area contributed by atoms with Crippen LogP contribution in [0.4, 0.5) is 0 Å². The smallest absolute Gasteiger partial charge is 0.121 e. The standard InChI is InChI=1S/C15H13ClO3/c16-13-6-3-7-14(9-13)19-10-12-5-2-1-4-11(12)8-15(17)18/h1-7,9H,8,10H2,(H,17,18)/p-1. The van der Waals surface area contributed by atoms with Crippen LogP contribution in [0, 0.1) is 0 Å². The molecule has 0 aromatic heterocycles. The number of benzene rings is 2. The summed E-state index contributed by atoms with van der Waals surface area (Å²) in [4.78, 5) is 10.7. The summed E-state index contributed by atoms with van der Waals surface area (Å²) in [6, 6.07) is 14.3. The molecule has 2 aromatic carbocycles. The number of aliphatic carboxylic acids is 1. The Hall–Kier alpha value is -2.00. The van der Waals surface area contributed by atoms with Crippen molar-refractivity contribution in [2.45, 2.75) is 13.0 Å². The molecule has 0 heterocycles. The summed E-state index contributed by atoms with van der Waals surface area (Å²) < 4.78 is 5.60. The topological polar surface area (TPSA) is 49.4 Å². The second-order valence-corrected chi connectivity index (χ2v) is 4.50. The molecule has 0 radical (unpaired) electrons. The van der Waals surface area contributed by atoms with Crippen molar-refractivity contribution in [1.29, 1.82) is 0 Å². The molecule has 0 amide bonds. The molecule has 0 aliphatic carbocycles. The maximum absolute atomic E-state index is 10.7. The molecule has 0 fully saturated rings. The molecule has 2 aromatic rings. The van der Waals surface area contributed by atoms with E-state index in [1.54, 1.807) is 36.4 Å². The second kappa shape index (κ2) is 6.25. The van der Waals surface area contributed by atoms with E-state index >= 15 is 0 Å². The minimum absolute atomic E-state index is 0.116. The van der Waals surface area contributed by atoms with Crippen LogP contribution in [-0.4, -0.2) is 5.97 Å². The highest BCUT2D eigenvalue weighted by atomic mass is 35.5. The average Bonchev–Trinajstić information content (AvgIpc) is 2.37. The van der Waals surface area contributed by atoms with Crippen molar-refractivity contribution in [3.05, 3.63) is 64.7 Å². The molecule has 0 aliphatic rings. The lowest BCUT2D eigenvalue weighted by molar-refractivity contribution is -0.304. The van der Waals surface area contributed by atoms with Crippen molar-refractivity contribution in [2.75, 3.05) is 0 Å². The SMILES string of the molecule is O=C([O-])Cc1ccccc1COc1cccc(Cl)c1. The molecule has 0 aliphatic heterocycles. The number of hydrogen-bond donors (Lipinski definition) is 0. The predicted molar refractivity (Wildman–Crippen MR) is 70.9 cm³/mol. The van der Waals surface area contributed by atoms with Gasteiger partial charge in [0.2, 0.25) is 0 Å². The Balaban J connectivity index is 2.09. The zero-order valence-electron chi connectivity index (χ0n) is 10.1. The molecule has 0 N–H and O–H groups in total. The van der Waals surface area contributed by atoms with Crippen LogP contribution in [0.25, 0.3) is 0 Å². The highest BCUT2D eigenvalue weighted by Gasteiger charge is 2.03. The Bertz CT molecular complexity index is 581. The fourth-order valence-corrected chi connectivity index (χ4v) is 1.92. The lowest BCUT2D eigenvalue weighted by Crippen LogP contribution is -2.25. The zero-order chi connectivity index (χ0) is 13.7. The maximum atomic E-state index is 10.7. The lowest BCUT2D eigenvalue weighted by atomic mass is 10.1. The Kier molecular flexibility index (Phi) is 4.42. The molecule has 0 unspecified atom stereocenters. The average molecular weight is 276 g/mol. The zero-order valence-corrected chi connectivity index (χ0v) is 10.9. The van der Waals surface area contributed by atoms with Gasteiger partial charge in [0.05, 0.1) is 0 Å². The molecule has 4 heteroatoms. The van der Waals surface area contributed by atoms with E-state index < -0.39 is 5.97 Å². The highest BCUT2D eigenvalue weighted by molar-refractivity contribution is 6.30. The summed E-state index contributed by atoms with van der Waals surface area (Å²) in [5.41, 5.74) is 1.52. The molecular weight excluding hydrogens is 264 g/mol. The normalized spacial score (nSPS) is 10.2. The van der Waals surface area contributed by atoms with E-state index in [9.17, 15) is 9.90 Å². The Morgan fingerprint density at radius 1 is 1.11 bits per heavy atom. The predicted octanol–water partition coefficient (Wildman–Crippen LogP) is 2.21. The molecule has 0 saturated heterocycles. The van der Waals surface area contributed by atoms with E-state index in [4.69, 9.17) is 16.3 Å². The summed E-state index contributed by atoms with van der Waals surface area (Å²) >= 11 is 5.86. The van der Waals surface area contributed by atoms with Crippen LogP contribution in [0.2, 0.25) is 5.02 Å². The minimum Gasteiger partial charge on any atom is -0.550 e. The van der Waals surface area contributed by atoms with Crippen molar-refractivity contribution < 1.29 is 14.6 Å². The first-order valence-electron chi connectivity index (χ1n) is 5.80. The fraction of sp³-hybridized carbons (Fsp3) is 0.133. The molecule has 3 nitrogen and oxygen atoms in total. The van der Waals surface area contributed by atoms with Gasteiger partial charge < -0.3 is 14.6 Å². The van der Waals surface area contributed by atoms with Crippen LogP contribution < -0.4 is 9.84 Å². The highest BCUT2D eigenvalue weighted by Crippen LogP contribution is 2.19. The van der Waals surface area contributed by atoms with Crippen LogP contribution in [0.5, 0.6) is 5.75 Å². The minimum atomic E-state index is -1.10. The van der Waals surface area contributed by atoms with Crippen LogP contribution in [0.15, 0.2) is 48.5 Å². The quantitative estimate of drug-likeness (QED) is 0.841. The molecule has 0 atom stereocenters. The Morgan fingerprint density at radius 2 is 1.84 bits per heavy atom. The first-order valence-corrected chi connectivity index (χ1v) is 6.18. The van der Waals surface area contributed by atoms with Gasteiger partial charge in [-0.05, 0) is 29.3 Å². The van der Waals surface area contributed by atoms with Gasteiger partial charge in [0.15, 0.2) is 0 Å². The van der Waals surface area contributed by atoms with Crippen LogP contribution in [0.1, 0.15) is 11.1 Å². The number of carbonyl (C=O) groups is 1. The van der Waals surface area contributed by atoms with Crippen LogP contribution in [0.3, 0.4) is 0 Å². The molecule has 0 spiro atoms. The number of hydrogen-bond acceptors (Lipinski definition) is 3. The summed E-state index contributed by atoms with van der Waals surface area (Å²) in [6.45, 7) is 0.295. The maximum Gasteiger partial charge on any atom is 0.121 e. The van der Waals surface area contributed by atoms with Gasteiger partial charge in [0.1, 0.15) is 12.4 Å². The third-order valence-corrected chi connectivity index (χ3v) is 2.88. The molecular formula is C15H12ClO3-. The number of rotatable bonds is 5. The van der Waals surface area contributed by atoms with Crippen LogP contribution >= 0.6 is 11.6 Å². The van der Waals surface area contributed by atoms with Crippen molar-refractivity contribution in [3.63, 3.8) is 0 Å². The van der Waals surface area contributed by atoms with Crippen molar-refractivity contribution >= 4 is 17.6 Å². The van der Waals surface area contributed by atoms with Crippen LogP contribution in [-0.2, 0) is 17.8 Å². The first kappa shape index (κ1) is 13.4. The van der Waals surface area contributed by atoms with Crippen molar-refractivity contribution in [3.8, 4) is 5.75 Å². The Morgan fingerprint density at radius 3 is 2.53 bits per heavy atom. The Labute approximate surface area is 116 Å². The van der Waals surface area contributed by atoms with Gasteiger partial charge in [-0.2, -0.15) is 0 Å². The van der Waals surface area contributed by atoms with Crippen molar-refractivity contribution in [2.24, 2.45) is 0 Å². The number of ether oxygens (including phenoxy) is 1. The van der Waals surface area contributed by atoms with E-state index in [0.717, 1.165) is 5.56 Å². The van der Waals surface area contributed by atoms with Gasteiger partial charge >= 0.3 is 0 Å². The lowest BCUT2D eigenvalue weighted by Gasteiger charge is -2.11. The van der Waals surface area contributed by atoms with Gasteiger partial charge in [-0.15, -0.1) is 0 Å². The van der Waals surface area contributed by atoms with Crippen molar-refractivity contribution in [1.82, 2.24) is 0 Å². The molecule has 98 valence electrons. The third-order valence-electron chi connectivity index (χ3n) is 2.64. The van der Waals surface area contributed by atoms with E-state index in [1.165, 1.54) is 0 Å². The summed E-state index contributed by atoms with van der Waals surface area (Å²) in [5, 5.41) is 11.3. The summed E-state index contributed by atoms with van der Waals surface area (Å²) in [7, 11) is 0. The molecule has 2 rings (SSSR count). The van der Waals surface area contributed by atoms with E-state index in [1.807, 2.05) is 12.1 Å². The van der Waals surface area contributed by atoms with Gasteiger partial charge in [0.25, 0.3) is 0 Å². The molecule has 0 bridgehead atoms. The van der Waals surface area contributed by atoms with Gasteiger partial charge in [0, 0.05) is 17.4 Å².